The molecule has 0 saturated heterocycles. The quantitative estimate of drug-likeness (QED) is 0.507. The molecule has 0 amide bonds. The van der Waals surface area contributed by atoms with Crippen LogP contribution in [-0.4, -0.2) is 4.57 Å². The Kier molecular flexibility index (Phi) is 3.25. The van der Waals surface area contributed by atoms with Crippen LogP contribution in [0, 0.1) is 5.92 Å². The fourth-order valence-electron chi connectivity index (χ4n) is 5.30. The fraction of sp³-hybridized carbons (Fsp3) is 0.364. The highest BCUT2D eigenvalue weighted by Crippen LogP contribution is 2.64. The van der Waals surface area contributed by atoms with Crippen molar-refractivity contribution in [3.8, 4) is 0 Å². The van der Waals surface area contributed by atoms with Gasteiger partial charge < -0.3 is 4.57 Å². The van der Waals surface area contributed by atoms with Gasteiger partial charge in [0, 0.05) is 21.6 Å². The number of alkyl halides is 3. The zero-order chi connectivity index (χ0) is 19.2. The summed E-state index contributed by atoms with van der Waals surface area (Å²) >= 11 is 6.10. The maximum Gasteiger partial charge on any atom is 0.418 e. The molecule has 0 N–H and O–H groups in total. The van der Waals surface area contributed by atoms with Crippen LogP contribution in [-0.2, 0) is 17.1 Å². The summed E-state index contributed by atoms with van der Waals surface area (Å²) in [7, 11) is 0. The third-order valence-electron chi connectivity index (χ3n) is 6.33. The van der Waals surface area contributed by atoms with Crippen molar-refractivity contribution in [2.24, 2.45) is 5.92 Å². The topological polar surface area (TPSA) is 4.93 Å². The first-order chi connectivity index (χ1) is 12.7. The van der Waals surface area contributed by atoms with Gasteiger partial charge in [-0.1, -0.05) is 42.0 Å². The summed E-state index contributed by atoms with van der Waals surface area (Å²) in [5.74, 6) is 0.196. The Labute approximate surface area is 160 Å². The van der Waals surface area contributed by atoms with E-state index in [1.165, 1.54) is 6.07 Å². The third kappa shape index (κ3) is 2.08. The molecule has 1 atom stereocenters. The Hall–Kier alpha value is -1.94. The molecular weight excluding hydrogens is 371 g/mol. The summed E-state index contributed by atoms with van der Waals surface area (Å²) in [5, 5.41) is 0.521. The molecule has 2 aromatic rings. The number of fused-ring (bicyclic) bond motifs is 5. The number of hydrogen-bond donors (Lipinski definition) is 0. The molecule has 1 aromatic heterocycles. The summed E-state index contributed by atoms with van der Waals surface area (Å²) < 4.78 is 45.1. The van der Waals surface area contributed by atoms with Crippen molar-refractivity contribution in [2.75, 3.05) is 0 Å². The predicted molar refractivity (Wildman–Crippen MR) is 102 cm³/mol. The van der Waals surface area contributed by atoms with Crippen molar-refractivity contribution in [1.82, 2.24) is 4.57 Å². The number of allylic oxidation sites excluding steroid dienone is 6. The number of aromatic nitrogens is 1. The minimum atomic E-state index is -4.45. The van der Waals surface area contributed by atoms with E-state index in [1.807, 2.05) is 48.8 Å². The second-order valence-corrected chi connectivity index (χ2v) is 8.68. The lowest BCUT2D eigenvalue weighted by molar-refractivity contribution is -0.137. The summed E-state index contributed by atoms with van der Waals surface area (Å²) in [6, 6.07) is 4.86. The average molecular weight is 390 g/mol. The monoisotopic (exact) mass is 389 g/mol. The Bertz CT molecular complexity index is 1060. The minimum Gasteiger partial charge on any atom is -0.333 e. The van der Waals surface area contributed by atoms with Crippen LogP contribution in [0.25, 0.3) is 10.9 Å². The van der Waals surface area contributed by atoms with Gasteiger partial charge >= 0.3 is 6.18 Å². The van der Waals surface area contributed by atoms with E-state index in [9.17, 15) is 13.2 Å². The molecule has 3 aliphatic rings. The van der Waals surface area contributed by atoms with Gasteiger partial charge in [-0.05, 0) is 56.4 Å². The number of benzene rings is 1. The molecule has 1 aromatic carbocycles. The Morgan fingerprint density at radius 1 is 1.11 bits per heavy atom. The maximum absolute atomic E-state index is 14.4. The van der Waals surface area contributed by atoms with Crippen molar-refractivity contribution < 1.29 is 13.2 Å². The van der Waals surface area contributed by atoms with Crippen LogP contribution in [0.3, 0.4) is 0 Å². The molecule has 1 saturated carbocycles. The Balaban J connectivity index is 2.01. The normalized spacial score (nSPS) is 26.1. The highest BCUT2D eigenvalue weighted by Gasteiger charge is 2.61. The lowest BCUT2D eigenvalue weighted by Crippen LogP contribution is -2.32. The van der Waals surface area contributed by atoms with Gasteiger partial charge in [0.1, 0.15) is 0 Å². The number of hydrogen-bond acceptors (Lipinski definition) is 0. The maximum atomic E-state index is 14.4. The van der Waals surface area contributed by atoms with Crippen molar-refractivity contribution in [1.29, 1.82) is 0 Å². The Morgan fingerprint density at radius 2 is 1.85 bits per heavy atom. The van der Waals surface area contributed by atoms with Crippen molar-refractivity contribution in [2.45, 2.75) is 43.8 Å². The Morgan fingerprint density at radius 3 is 2.52 bits per heavy atom. The summed E-state index contributed by atoms with van der Waals surface area (Å²) in [4.78, 5) is 0. The second-order valence-electron chi connectivity index (χ2n) is 8.24. The van der Waals surface area contributed by atoms with E-state index in [-0.39, 0.29) is 11.3 Å². The zero-order valence-corrected chi connectivity index (χ0v) is 15.8. The van der Waals surface area contributed by atoms with Gasteiger partial charge in [-0.2, -0.15) is 13.2 Å². The van der Waals surface area contributed by atoms with Crippen LogP contribution in [0.1, 0.15) is 37.9 Å². The van der Waals surface area contributed by atoms with Crippen LogP contribution < -0.4 is 0 Å². The molecule has 0 bridgehead atoms. The van der Waals surface area contributed by atoms with Crippen LogP contribution >= 0.6 is 11.6 Å². The van der Waals surface area contributed by atoms with Gasteiger partial charge in [0.15, 0.2) is 0 Å². The molecule has 0 spiro atoms. The molecule has 1 unspecified atom stereocenters. The second kappa shape index (κ2) is 5.11. The molecule has 2 heterocycles. The molecule has 27 heavy (non-hydrogen) atoms. The van der Waals surface area contributed by atoms with Crippen molar-refractivity contribution in [3.05, 3.63) is 70.4 Å². The molecule has 1 fully saturated rings. The van der Waals surface area contributed by atoms with E-state index in [2.05, 4.69) is 0 Å². The van der Waals surface area contributed by atoms with E-state index in [4.69, 9.17) is 11.6 Å². The van der Waals surface area contributed by atoms with E-state index < -0.39 is 22.7 Å². The van der Waals surface area contributed by atoms with Gasteiger partial charge in [0.25, 0.3) is 0 Å². The molecule has 140 valence electrons. The van der Waals surface area contributed by atoms with Gasteiger partial charge in [-0.3, -0.25) is 0 Å². The van der Waals surface area contributed by atoms with Crippen molar-refractivity contribution >= 4 is 22.5 Å². The highest BCUT2D eigenvalue weighted by atomic mass is 35.5. The first-order valence-electron chi connectivity index (χ1n) is 9.18. The molecule has 1 aliphatic heterocycles. The van der Waals surface area contributed by atoms with Gasteiger partial charge in [-0.25, -0.2) is 0 Å². The van der Waals surface area contributed by atoms with Crippen LogP contribution in [0.15, 0.2) is 54.2 Å². The largest absolute Gasteiger partial charge is 0.418 e. The third-order valence-corrected chi connectivity index (χ3v) is 6.57. The molecule has 5 heteroatoms. The van der Waals surface area contributed by atoms with E-state index in [1.54, 1.807) is 12.1 Å². The number of rotatable bonds is 1. The SMILES string of the molecule is CC1(C)C2=CC=CC=CC2(C2CC2)c2c(C(F)(F)F)c3cc(Cl)ccc3n21. The minimum absolute atomic E-state index is 0.196. The molecule has 2 aliphatic carbocycles. The van der Waals surface area contributed by atoms with Gasteiger partial charge in [0.05, 0.1) is 16.5 Å². The lowest BCUT2D eigenvalue weighted by atomic mass is 9.69. The molecule has 5 rings (SSSR count). The van der Waals surface area contributed by atoms with Gasteiger partial charge in [0.2, 0.25) is 0 Å². The number of nitrogens with zero attached hydrogens (tertiary/aromatic N) is 1. The predicted octanol–water partition coefficient (Wildman–Crippen LogP) is 6.76. The standard InChI is InChI=1S/C22H19ClF3N/c1-20(2)17-6-4-3-5-11-21(17,13-7-8-13)19-18(22(24,25)26)15-12-14(23)9-10-16(15)27(19)20/h3-6,9-13H,7-8H2,1-2H3. The summed E-state index contributed by atoms with van der Waals surface area (Å²) in [5.41, 5.74) is 0.203. The van der Waals surface area contributed by atoms with E-state index >= 15 is 0 Å². The van der Waals surface area contributed by atoms with Crippen LogP contribution in [0.5, 0.6) is 0 Å². The molecule has 0 radical (unpaired) electrons. The van der Waals surface area contributed by atoms with E-state index in [0.29, 0.717) is 16.2 Å². The van der Waals surface area contributed by atoms with Crippen LogP contribution in [0.4, 0.5) is 13.2 Å². The zero-order valence-electron chi connectivity index (χ0n) is 15.1. The van der Waals surface area contributed by atoms with Crippen LogP contribution in [0.2, 0.25) is 5.02 Å². The smallest absolute Gasteiger partial charge is 0.333 e. The molecule has 1 nitrogen and oxygen atoms in total. The average Bonchev–Trinajstić information content (AvgIpc) is 3.34. The highest BCUT2D eigenvalue weighted by molar-refractivity contribution is 6.31. The first kappa shape index (κ1) is 17.2. The van der Waals surface area contributed by atoms with Crippen molar-refractivity contribution in [3.63, 3.8) is 0 Å². The number of halogens is 4. The first-order valence-corrected chi connectivity index (χ1v) is 9.56. The summed E-state index contributed by atoms with van der Waals surface area (Å²) in [6.45, 7) is 4.04. The molecular formula is C22H19ClF3N. The summed E-state index contributed by atoms with van der Waals surface area (Å²) in [6.07, 6.45) is 7.19. The lowest BCUT2D eigenvalue weighted by Gasteiger charge is -2.33. The van der Waals surface area contributed by atoms with E-state index in [0.717, 1.165) is 18.4 Å². The van der Waals surface area contributed by atoms with Gasteiger partial charge in [-0.15, -0.1) is 0 Å². The fourth-order valence-corrected chi connectivity index (χ4v) is 5.47.